The topological polar surface area (TPSA) is 75.7 Å². The number of ketones is 1. The molecule has 7 heteroatoms. The first-order valence-corrected chi connectivity index (χ1v) is 9.49. The van der Waals surface area contributed by atoms with E-state index in [4.69, 9.17) is 4.74 Å². The molecule has 0 radical (unpaired) electrons. The molecule has 0 saturated carbocycles. The maximum atomic E-state index is 13.4. The Labute approximate surface area is 168 Å². The molecule has 1 atom stereocenters. The summed E-state index contributed by atoms with van der Waals surface area (Å²) in [4.78, 5) is 39.7. The number of ether oxygens (including phenoxy) is 1. The first-order chi connectivity index (χ1) is 13.9. The number of halogens is 1. The zero-order valence-electron chi connectivity index (χ0n) is 16.4. The van der Waals surface area contributed by atoms with E-state index in [0.29, 0.717) is 29.7 Å². The molecule has 0 bridgehead atoms. The number of hydrogen-bond donors (Lipinski definition) is 1. The molecule has 2 aromatic carbocycles. The van der Waals surface area contributed by atoms with Gasteiger partial charge in [0.05, 0.1) is 19.2 Å². The molecule has 2 aromatic rings. The zero-order valence-corrected chi connectivity index (χ0v) is 16.4. The molecule has 3 amide bonds. The molecule has 0 aromatic heterocycles. The van der Waals surface area contributed by atoms with E-state index in [1.807, 2.05) is 6.92 Å². The summed E-state index contributed by atoms with van der Waals surface area (Å²) >= 11 is 0. The first kappa shape index (κ1) is 20.5. The van der Waals surface area contributed by atoms with E-state index in [9.17, 15) is 18.8 Å². The molecular formula is C22H23FN2O4. The van der Waals surface area contributed by atoms with E-state index in [2.05, 4.69) is 5.32 Å². The summed E-state index contributed by atoms with van der Waals surface area (Å²) in [5, 5.41) is 2.75. The third kappa shape index (κ3) is 3.85. The van der Waals surface area contributed by atoms with Gasteiger partial charge in [-0.15, -0.1) is 0 Å². The van der Waals surface area contributed by atoms with Gasteiger partial charge in [-0.2, -0.15) is 0 Å². The highest BCUT2D eigenvalue weighted by Crippen LogP contribution is 2.34. The van der Waals surface area contributed by atoms with Crippen LogP contribution in [-0.2, 0) is 10.3 Å². The summed E-state index contributed by atoms with van der Waals surface area (Å²) in [5.74, 6) is -0.971. The highest BCUT2D eigenvalue weighted by molar-refractivity contribution is 6.11. The third-order valence-electron chi connectivity index (χ3n) is 5.13. The molecule has 0 unspecified atom stereocenters. The van der Waals surface area contributed by atoms with Gasteiger partial charge in [-0.3, -0.25) is 14.5 Å². The van der Waals surface area contributed by atoms with Crippen LogP contribution in [0.1, 0.15) is 42.1 Å². The van der Waals surface area contributed by atoms with Crippen LogP contribution < -0.4 is 10.1 Å². The minimum Gasteiger partial charge on any atom is -0.496 e. The van der Waals surface area contributed by atoms with Gasteiger partial charge in [0, 0.05) is 0 Å². The molecule has 6 nitrogen and oxygen atoms in total. The Morgan fingerprint density at radius 2 is 1.83 bits per heavy atom. The van der Waals surface area contributed by atoms with E-state index >= 15 is 0 Å². The minimum atomic E-state index is -1.30. The number of rotatable bonds is 8. The highest BCUT2D eigenvalue weighted by Gasteiger charge is 2.52. The van der Waals surface area contributed by atoms with Crippen LogP contribution in [0.3, 0.4) is 0 Å². The molecule has 29 heavy (non-hydrogen) atoms. The van der Waals surface area contributed by atoms with Crippen LogP contribution in [0.4, 0.5) is 9.18 Å². The van der Waals surface area contributed by atoms with Crippen molar-refractivity contribution in [2.24, 2.45) is 0 Å². The number of carbonyl (C=O) groups is 3. The smallest absolute Gasteiger partial charge is 0.325 e. The number of imide groups is 1. The Morgan fingerprint density at radius 1 is 1.14 bits per heavy atom. The Kier molecular flexibility index (Phi) is 5.96. The molecule has 1 fully saturated rings. The number of unbranched alkanes of at least 4 members (excludes halogenated alkanes) is 1. The predicted octanol–water partition coefficient (Wildman–Crippen LogP) is 3.65. The van der Waals surface area contributed by atoms with Gasteiger partial charge in [-0.05, 0) is 36.2 Å². The first-order valence-electron chi connectivity index (χ1n) is 9.49. The number of nitrogens with one attached hydrogen (secondary N) is 1. The Morgan fingerprint density at radius 3 is 2.48 bits per heavy atom. The van der Waals surface area contributed by atoms with Crippen LogP contribution in [-0.4, -0.2) is 36.3 Å². The van der Waals surface area contributed by atoms with Crippen molar-refractivity contribution in [2.75, 3.05) is 13.7 Å². The van der Waals surface area contributed by atoms with Gasteiger partial charge >= 0.3 is 6.03 Å². The zero-order chi connectivity index (χ0) is 21.0. The standard InChI is InChI=1S/C22H23FN2O4/c1-3-4-13-22(15-9-11-16(23)12-10-15)20(27)25(21(28)24-22)14-18(26)17-7-5-6-8-19(17)29-2/h5-12H,3-4,13-14H2,1-2H3,(H,24,28)/t22-/m0/s1. The maximum Gasteiger partial charge on any atom is 0.325 e. The van der Waals surface area contributed by atoms with E-state index in [0.717, 1.165) is 11.3 Å². The quantitative estimate of drug-likeness (QED) is 0.544. The molecule has 1 saturated heterocycles. The molecule has 0 aliphatic carbocycles. The average molecular weight is 398 g/mol. The number of benzene rings is 2. The van der Waals surface area contributed by atoms with E-state index in [-0.39, 0.29) is 0 Å². The van der Waals surface area contributed by atoms with E-state index in [1.54, 1.807) is 24.3 Å². The molecule has 1 aliphatic rings. The summed E-state index contributed by atoms with van der Waals surface area (Å²) < 4.78 is 18.6. The van der Waals surface area contributed by atoms with Gasteiger partial charge in [0.25, 0.3) is 5.91 Å². The fourth-order valence-electron chi connectivity index (χ4n) is 3.56. The Balaban J connectivity index is 1.91. The highest BCUT2D eigenvalue weighted by atomic mass is 19.1. The normalized spacial score (nSPS) is 18.7. The van der Waals surface area contributed by atoms with E-state index in [1.165, 1.54) is 31.4 Å². The molecular weight excluding hydrogens is 375 g/mol. The summed E-state index contributed by atoms with van der Waals surface area (Å²) in [7, 11) is 1.45. The lowest BCUT2D eigenvalue weighted by molar-refractivity contribution is -0.131. The van der Waals surface area contributed by atoms with Gasteiger partial charge in [0.15, 0.2) is 5.78 Å². The summed E-state index contributed by atoms with van der Waals surface area (Å²) in [6.07, 6.45) is 1.85. The van der Waals surface area contributed by atoms with Crippen LogP contribution in [0.5, 0.6) is 5.75 Å². The van der Waals surface area contributed by atoms with Crippen molar-refractivity contribution in [2.45, 2.75) is 31.7 Å². The number of methoxy groups -OCH3 is 1. The number of para-hydroxylation sites is 1. The second kappa shape index (κ2) is 8.43. The van der Waals surface area contributed by atoms with Crippen LogP contribution >= 0.6 is 0 Å². The molecule has 1 aliphatic heterocycles. The van der Waals surface area contributed by atoms with Crippen LogP contribution in [0.15, 0.2) is 48.5 Å². The van der Waals surface area contributed by atoms with Crippen LogP contribution in [0.25, 0.3) is 0 Å². The van der Waals surface area contributed by atoms with Gasteiger partial charge in [-0.1, -0.05) is 44.0 Å². The number of nitrogens with zero attached hydrogens (tertiary/aromatic N) is 1. The average Bonchev–Trinajstić information content (AvgIpc) is 2.97. The fourth-order valence-corrected chi connectivity index (χ4v) is 3.56. The van der Waals surface area contributed by atoms with Crippen LogP contribution in [0.2, 0.25) is 0 Å². The summed E-state index contributed by atoms with van der Waals surface area (Å²) in [6, 6.07) is 11.5. The lowest BCUT2D eigenvalue weighted by Crippen LogP contribution is -2.44. The van der Waals surface area contributed by atoms with Crippen molar-refractivity contribution in [3.63, 3.8) is 0 Å². The molecule has 0 spiro atoms. The van der Waals surface area contributed by atoms with Crippen molar-refractivity contribution in [3.8, 4) is 5.75 Å². The van der Waals surface area contributed by atoms with Gasteiger partial charge in [-0.25, -0.2) is 9.18 Å². The minimum absolute atomic E-state index is 0.295. The monoisotopic (exact) mass is 398 g/mol. The third-order valence-corrected chi connectivity index (χ3v) is 5.13. The molecule has 152 valence electrons. The lowest BCUT2D eigenvalue weighted by Gasteiger charge is -2.27. The van der Waals surface area contributed by atoms with Gasteiger partial charge in [0.2, 0.25) is 0 Å². The SMILES string of the molecule is CCCC[C@@]1(c2ccc(F)cc2)NC(=O)N(CC(=O)c2ccccc2OC)C1=O. The fraction of sp³-hybridized carbons (Fsp3) is 0.318. The second-order valence-electron chi connectivity index (χ2n) is 6.96. The van der Waals surface area contributed by atoms with Crippen molar-refractivity contribution in [3.05, 3.63) is 65.5 Å². The van der Waals surface area contributed by atoms with Crippen molar-refractivity contribution in [1.82, 2.24) is 10.2 Å². The maximum absolute atomic E-state index is 13.4. The van der Waals surface area contributed by atoms with E-state index < -0.39 is 35.6 Å². The summed E-state index contributed by atoms with van der Waals surface area (Å²) in [5.41, 5.74) is -0.511. The molecule has 1 N–H and O–H groups in total. The second-order valence-corrected chi connectivity index (χ2v) is 6.96. The summed E-state index contributed by atoms with van der Waals surface area (Å²) in [6.45, 7) is 1.57. The number of amides is 3. The number of hydrogen-bond acceptors (Lipinski definition) is 4. The van der Waals surface area contributed by atoms with Crippen molar-refractivity contribution >= 4 is 17.7 Å². The van der Waals surface area contributed by atoms with Crippen molar-refractivity contribution in [1.29, 1.82) is 0 Å². The Hall–Kier alpha value is -3.22. The molecule has 3 rings (SSSR count). The predicted molar refractivity (Wildman–Crippen MR) is 105 cm³/mol. The molecule has 1 heterocycles. The number of urea groups is 1. The lowest BCUT2D eigenvalue weighted by atomic mass is 9.84. The van der Waals surface area contributed by atoms with Crippen LogP contribution in [0, 0.1) is 5.82 Å². The Bertz CT molecular complexity index is 929. The van der Waals surface area contributed by atoms with Gasteiger partial charge < -0.3 is 10.1 Å². The number of Topliss-reactive ketones (excluding diaryl/α,β-unsaturated/α-hetero) is 1. The van der Waals surface area contributed by atoms with Gasteiger partial charge in [0.1, 0.15) is 17.1 Å². The number of carbonyl (C=O) groups excluding carboxylic acids is 3. The largest absolute Gasteiger partial charge is 0.496 e. The van der Waals surface area contributed by atoms with Crippen molar-refractivity contribution < 1.29 is 23.5 Å².